The molecule has 0 aromatic rings. The molecular weight excluding hydrogens is 206 g/mol. The predicted molar refractivity (Wildman–Crippen MR) is 79.4 cm³/mol. The zero-order chi connectivity index (χ0) is 13.1. The van der Waals surface area contributed by atoms with Crippen molar-refractivity contribution in [2.75, 3.05) is 13.1 Å². The number of nitrogens with one attached hydrogen (secondary N) is 1. The van der Waals surface area contributed by atoms with E-state index in [0.717, 1.165) is 17.8 Å². The van der Waals surface area contributed by atoms with Gasteiger partial charge in [-0.25, -0.2) is 0 Å². The van der Waals surface area contributed by atoms with Gasteiger partial charge in [-0.3, -0.25) is 0 Å². The fraction of sp³-hybridized carbons (Fsp3) is 1.00. The summed E-state index contributed by atoms with van der Waals surface area (Å²) in [5.74, 6) is 2.51. The summed E-state index contributed by atoms with van der Waals surface area (Å²) >= 11 is 0. The van der Waals surface area contributed by atoms with E-state index in [1.807, 2.05) is 0 Å². The van der Waals surface area contributed by atoms with Gasteiger partial charge in [0, 0.05) is 0 Å². The van der Waals surface area contributed by atoms with Crippen LogP contribution >= 0.6 is 0 Å². The average Bonchev–Trinajstić information content (AvgIpc) is 2.22. The first-order valence-corrected chi connectivity index (χ1v) is 7.76. The minimum absolute atomic E-state index is 0.773. The van der Waals surface area contributed by atoms with Crippen molar-refractivity contribution in [1.82, 2.24) is 5.32 Å². The molecule has 17 heavy (non-hydrogen) atoms. The van der Waals surface area contributed by atoms with Crippen molar-refractivity contribution in [1.29, 1.82) is 0 Å². The van der Waals surface area contributed by atoms with Crippen LogP contribution in [0.3, 0.4) is 0 Å². The largest absolute Gasteiger partial charge is 0.316 e. The van der Waals surface area contributed by atoms with Crippen LogP contribution in [0.4, 0.5) is 0 Å². The molecule has 1 N–H and O–H groups in total. The van der Waals surface area contributed by atoms with Gasteiger partial charge in [-0.15, -0.1) is 0 Å². The van der Waals surface area contributed by atoms with Crippen molar-refractivity contribution in [3.05, 3.63) is 0 Å². The zero-order valence-electron chi connectivity index (χ0n) is 12.9. The normalized spacial score (nSPS) is 13.6. The maximum atomic E-state index is 3.63. The summed E-state index contributed by atoms with van der Waals surface area (Å²) in [7, 11) is 0. The number of unbranched alkanes of at least 4 members (excludes halogenated alkanes) is 3. The fourth-order valence-electron chi connectivity index (χ4n) is 2.41. The minimum atomic E-state index is 0.773. The highest BCUT2D eigenvalue weighted by Crippen LogP contribution is 2.18. The first-order chi connectivity index (χ1) is 8.06. The predicted octanol–water partition coefficient (Wildman–Crippen LogP) is 4.86. The molecule has 0 heterocycles. The molecule has 0 radical (unpaired) electrons. The summed E-state index contributed by atoms with van der Waals surface area (Å²) < 4.78 is 0. The molecule has 1 nitrogen and oxygen atoms in total. The summed E-state index contributed by atoms with van der Waals surface area (Å²) in [5, 5.41) is 3.63. The van der Waals surface area contributed by atoms with Crippen LogP contribution in [0.5, 0.6) is 0 Å². The highest BCUT2D eigenvalue weighted by Gasteiger charge is 2.10. The molecule has 104 valence electrons. The molecule has 0 aliphatic rings. The first kappa shape index (κ1) is 17.0. The number of hydrogen-bond acceptors (Lipinski definition) is 1. The molecule has 1 atom stereocenters. The van der Waals surface area contributed by atoms with E-state index >= 15 is 0 Å². The lowest BCUT2D eigenvalue weighted by Gasteiger charge is -2.20. The van der Waals surface area contributed by atoms with Gasteiger partial charge in [0.15, 0.2) is 0 Å². The second kappa shape index (κ2) is 11.1. The summed E-state index contributed by atoms with van der Waals surface area (Å²) in [6, 6.07) is 0. The van der Waals surface area contributed by atoms with Crippen LogP contribution in [0.1, 0.15) is 73.1 Å². The molecule has 0 aromatic carbocycles. The van der Waals surface area contributed by atoms with E-state index in [4.69, 9.17) is 0 Å². The van der Waals surface area contributed by atoms with Crippen molar-refractivity contribution in [3.63, 3.8) is 0 Å². The molecule has 0 aliphatic heterocycles. The van der Waals surface area contributed by atoms with Crippen molar-refractivity contribution in [2.45, 2.75) is 73.1 Å². The van der Waals surface area contributed by atoms with Crippen LogP contribution < -0.4 is 5.32 Å². The Morgan fingerprint density at radius 2 is 1.53 bits per heavy atom. The highest BCUT2D eigenvalue weighted by atomic mass is 14.9. The van der Waals surface area contributed by atoms with E-state index in [0.29, 0.717) is 0 Å². The smallest absolute Gasteiger partial charge is 0.00203 e. The molecular formula is C16H35N. The lowest BCUT2D eigenvalue weighted by Crippen LogP contribution is -2.27. The first-order valence-electron chi connectivity index (χ1n) is 7.76. The average molecular weight is 241 g/mol. The van der Waals surface area contributed by atoms with Crippen molar-refractivity contribution in [3.8, 4) is 0 Å². The van der Waals surface area contributed by atoms with Gasteiger partial charge in [-0.05, 0) is 43.7 Å². The summed E-state index contributed by atoms with van der Waals surface area (Å²) in [6.45, 7) is 13.9. The van der Waals surface area contributed by atoms with Crippen molar-refractivity contribution in [2.24, 2.45) is 17.8 Å². The van der Waals surface area contributed by atoms with Crippen LogP contribution in [0.2, 0.25) is 0 Å². The Morgan fingerprint density at radius 1 is 0.824 bits per heavy atom. The van der Waals surface area contributed by atoms with Gasteiger partial charge in [0.2, 0.25) is 0 Å². The minimum Gasteiger partial charge on any atom is -0.316 e. The Hall–Kier alpha value is -0.0400. The molecule has 1 unspecified atom stereocenters. The maximum Gasteiger partial charge on any atom is -0.00203 e. The number of rotatable bonds is 11. The summed E-state index contributed by atoms with van der Waals surface area (Å²) in [5.41, 5.74) is 0. The maximum absolute atomic E-state index is 3.63. The molecule has 0 bridgehead atoms. The van der Waals surface area contributed by atoms with Gasteiger partial charge in [-0.1, -0.05) is 60.3 Å². The topological polar surface area (TPSA) is 12.0 Å². The monoisotopic (exact) mass is 241 g/mol. The van der Waals surface area contributed by atoms with Crippen LogP contribution in [0.25, 0.3) is 0 Å². The van der Waals surface area contributed by atoms with Crippen molar-refractivity contribution < 1.29 is 0 Å². The van der Waals surface area contributed by atoms with Gasteiger partial charge in [0.25, 0.3) is 0 Å². The Labute approximate surface area is 110 Å². The second-order valence-electron chi connectivity index (χ2n) is 6.40. The molecule has 0 aliphatic carbocycles. The Balaban J connectivity index is 3.71. The molecule has 0 aromatic heterocycles. The van der Waals surface area contributed by atoms with Gasteiger partial charge in [0.05, 0.1) is 0 Å². The van der Waals surface area contributed by atoms with Crippen LogP contribution in [0, 0.1) is 17.8 Å². The standard InChI is InChI=1S/C16H35N/c1-6-7-8-9-10-16(11-14(2)3)13-17-12-15(4)5/h14-17H,6-13H2,1-5H3. The Morgan fingerprint density at radius 3 is 2.06 bits per heavy atom. The Bertz CT molecular complexity index is 152. The van der Waals surface area contributed by atoms with Gasteiger partial charge in [-0.2, -0.15) is 0 Å². The van der Waals surface area contributed by atoms with Gasteiger partial charge < -0.3 is 5.32 Å². The van der Waals surface area contributed by atoms with E-state index < -0.39 is 0 Å². The molecule has 0 spiro atoms. The van der Waals surface area contributed by atoms with E-state index in [1.165, 1.54) is 51.6 Å². The third-order valence-electron chi connectivity index (χ3n) is 3.26. The van der Waals surface area contributed by atoms with Gasteiger partial charge in [0.1, 0.15) is 0 Å². The fourth-order valence-corrected chi connectivity index (χ4v) is 2.41. The summed E-state index contributed by atoms with van der Waals surface area (Å²) in [6.07, 6.45) is 8.42. The Kier molecular flexibility index (Phi) is 11.0. The van der Waals surface area contributed by atoms with E-state index in [2.05, 4.69) is 39.9 Å². The lowest BCUT2D eigenvalue weighted by atomic mass is 9.91. The van der Waals surface area contributed by atoms with E-state index in [9.17, 15) is 0 Å². The molecule has 0 saturated heterocycles. The number of hydrogen-bond donors (Lipinski definition) is 1. The van der Waals surface area contributed by atoms with Crippen molar-refractivity contribution >= 4 is 0 Å². The SMILES string of the molecule is CCCCCCC(CNCC(C)C)CC(C)C. The molecule has 0 rings (SSSR count). The van der Waals surface area contributed by atoms with Crippen LogP contribution in [0.15, 0.2) is 0 Å². The molecule has 0 fully saturated rings. The summed E-state index contributed by atoms with van der Waals surface area (Å²) in [4.78, 5) is 0. The highest BCUT2D eigenvalue weighted by molar-refractivity contribution is 4.66. The van der Waals surface area contributed by atoms with Crippen LogP contribution in [-0.2, 0) is 0 Å². The lowest BCUT2D eigenvalue weighted by molar-refractivity contribution is 0.348. The second-order valence-corrected chi connectivity index (χ2v) is 6.40. The van der Waals surface area contributed by atoms with E-state index in [-0.39, 0.29) is 0 Å². The molecule has 1 heteroatoms. The van der Waals surface area contributed by atoms with Crippen LogP contribution in [-0.4, -0.2) is 13.1 Å². The van der Waals surface area contributed by atoms with Gasteiger partial charge >= 0.3 is 0 Å². The third kappa shape index (κ3) is 12.2. The van der Waals surface area contributed by atoms with E-state index in [1.54, 1.807) is 0 Å². The third-order valence-corrected chi connectivity index (χ3v) is 3.26. The molecule has 0 saturated carbocycles. The quantitative estimate of drug-likeness (QED) is 0.509. The zero-order valence-corrected chi connectivity index (χ0v) is 12.9. The molecule has 0 amide bonds.